The Kier molecular flexibility index (Phi) is 6.95. The van der Waals surface area contributed by atoms with Gasteiger partial charge in [-0.15, -0.1) is 0 Å². The molecule has 2 heteroatoms. The minimum Gasteiger partial charge on any atom is -0.381 e. The number of rotatable bonds is 8. The maximum atomic E-state index is 5.67. The normalized spacial score (nSPS) is 12.9. The Morgan fingerprint density at radius 1 is 1.11 bits per heavy atom. The molecule has 0 fully saturated rings. The largest absolute Gasteiger partial charge is 0.381 e. The molecule has 0 unspecified atom stereocenters. The van der Waals surface area contributed by atoms with Crippen molar-refractivity contribution in [2.24, 2.45) is 5.92 Å². The van der Waals surface area contributed by atoms with E-state index >= 15 is 0 Å². The molecule has 1 nitrogen and oxygen atoms in total. The highest BCUT2D eigenvalue weighted by Crippen LogP contribution is 2.45. The third kappa shape index (κ3) is 7.03. The average molecular weight is 282 g/mol. The lowest BCUT2D eigenvalue weighted by Gasteiger charge is -2.26. The molecule has 0 N–H and O–H groups in total. The molecule has 19 heavy (non-hydrogen) atoms. The van der Waals surface area contributed by atoms with E-state index in [0.717, 1.165) is 32.0 Å². The first-order valence-electron chi connectivity index (χ1n) is 7.24. The van der Waals surface area contributed by atoms with Crippen molar-refractivity contribution < 1.29 is 4.74 Å². The fraction of sp³-hybridized carbons (Fsp3) is 0.647. The quantitative estimate of drug-likeness (QED) is 0.626. The first kappa shape index (κ1) is 16.6. The lowest BCUT2D eigenvalue weighted by molar-refractivity contribution is 0.121. The van der Waals surface area contributed by atoms with Crippen molar-refractivity contribution in [2.75, 3.05) is 32.0 Å². The van der Waals surface area contributed by atoms with Crippen LogP contribution in [-0.2, 0) is 11.2 Å². The van der Waals surface area contributed by atoms with E-state index in [4.69, 9.17) is 4.74 Å². The highest BCUT2D eigenvalue weighted by molar-refractivity contribution is 8.32. The third-order valence-electron chi connectivity index (χ3n) is 3.20. The summed E-state index contributed by atoms with van der Waals surface area (Å²) < 4.78 is 5.67. The van der Waals surface area contributed by atoms with E-state index in [2.05, 4.69) is 56.9 Å². The van der Waals surface area contributed by atoms with Gasteiger partial charge in [-0.05, 0) is 60.5 Å². The molecule has 0 amide bonds. The molecular weight excluding hydrogens is 252 g/mol. The van der Waals surface area contributed by atoms with E-state index < -0.39 is 10.0 Å². The van der Waals surface area contributed by atoms with E-state index in [1.807, 2.05) is 0 Å². The van der Waals surface area contributed by atoms with Gasteiger partial charge in [0, 0.05) is 13.2 Å². The van der Waals surface area contributed by atoms with Crippen LogP contribution in [0.1, 0.15) is 32.3 Å². The molecule has 0 bridgehead atoms. The Bertz CT molecular complexity index is 366. The summed E-state index contributed by atoms with van der Waals surface area (Å²) in [6, 6.07) is 9.08. The van der Waals surface area contributed by atoms with Gasteiger partial charge >= 0.3 is 0 Å². The van der Waals surface area contributed by atoms with E-state index in [1.165, 1.54) is 16.9 Å². The number of benzene rings is 1. The van der Waals surface area contributed by atoms with Crippen LogP contribution < -0.4 is 0 Å². The molecule has 0 saturated heterocycles. The lowest BCUT2D eigenvalue weighted by Crippen LogP contribution is -2.02. The van der Waals surface area contributed by atoms with E-state index in [9.17, 15) is 0 Å². The molecule has 0 aliphatic heterocycles. The summed E-state index contributed by atoms with van der Waals surface area (Å²) in [5.41, 5.74) is 1.45. The summed E-state index contributed by atoms with van der Waals surface area (Å²) in [5, 5.41) is 0. The number of ether oxygens (including phenoxy) is 1. The van der Waals surface area contributed by atoms with E-state index in [-0.39, 0.29) is 0 Å². The second-order valence-corrected chi connectivity index (χ2v) is 10.5. The van der Waals surface area contributed by atoms with Gasteiger partial charge in [-0.3, -0.25) is 0 Å². The van der Waals surface area contributed by atoms with Crippen molar-refractivity contribution >= 4 is 10.0 Å². The fourth-order valence-corrected chi connectivity index (χ4v) is 2.87. The van der Waals surface area contributed by atoms with Crippen molar-refractivity contribution in [1.29, 1.82) is 0 Å². The molecule has 0 spiro atoms. The maximum absolute atomic E-state index is 5.67. The van der Waals surface area contributed by atoms with Crippen LogP contribution in [0.3, 0.4) is 0 Å². The SMILES string of the molecule is CC(C)CCOCCCc1cccc(S(C)(C)C)c1. The Balaban J connectivity index is 2.30. The molecule has 110 valence electrons. The Morgan fingerprint density at radius 3 is 2.47 bits per heavy atom. The minimum absolute atomic E-state index is 0.605. The number of hydrogen-bond donors (Lipinski definition) is 0. The molecule has 0 aliphatic rings. The monoisotopic (exact) mass is 282 g/mol. The standard InChI is InChI=1S/C17H30OS/c1-15(2)11-13-18-12-7-9-16-8-6-10-17(14-16)19(3,4)5/h6,8,10,14-15H,7,9,11-13H2,1-5H3. The van der Waals surface area contributed by atoms with Crippen molar-refractivity contribution in [1.82, 2.24) is 0 Å². The number of aryl methyl sites for hydroxylation is 1. The van der Waals surface area contributed by atoms with Crippen LogP contribution in [0.4, 0.5) is 0 Å². The Hall–Kier alpha value is -0.470. The molecule has 0 aromatic heterocycles. The Labute approximate surface area is 121 Å². The molecule has 1 aromatic carbocycles. The molecule has 0 heterocycles. The summed E-state index contributed by atoms with van der Waals surface area (Å²) in [4.78, 5) is 1.51. The van der Waals surface area contributed by atoms with Gasteiger partial charge in [-0.25, -0.2) is 10.0 Å². The predicted octanol–water partition coefficient (Wildman–Crippen LogP) is 4.73. The maximum Gasteiger partial charge on any atom is 0.0469 e. The zero-order valence-corrected chi connectivity index (χ0v) is 14.1. The van der Waals surface area contributed by atoms with Crippen LogP contribution in [0.2, 0.25) is 0 Å². The first-order valence-corrected chi connectivity index (χ1v) is 10.1. The summed E-state index contributed by atoms with van der Waals surface area (Å²) in [5.74, 6) is 0.742. The van der Waals surface area contributed by atoms with Gasteiger partial charge in [0.1, 0.15) is 0 Å². The summed E-state index contributed by atoms with van der Waals surface area (Å²) in [7, 11) is -0.605. The third-order valence-corrected chi connectivity index (χ3v) is 4.87. The van der Waals surface area contributed by atoms with Crippen LogP contribution in [-0.4, -0.2) is 32.0 Å². The molecule has 0 atom stereocenters. The summed E-state index contributed by atoms with van der Waals surface area (Å²) in [6.07, 6.45) is 10.5. The van der Waals surface area contributed by atoms with Crippen molar-refractivity contribution in [3.63, 3.8) is 0 Å². The molecule has 1 rings (SSSR count). The van der Waals surface area contributed by atoms with Crippen molar-refractivity contribution in [2.45, 2.75) is 38.0 Å². The zero-order valence-electron chi connectivity index (χ0n) is 13.2. The molecular formula is C17H30OS. The minimum atomic E-state index is -0.605. The second kappa shape index (κ2) is 7.96. The van der Waals surface area contributed by atoms with Gasteiger partial charge in [-0.2, -0.15) is 0 Å². The van der Waals surface area contributed by atoms with Gasteiger partial charge in [0.15, 0.2) is 0 Å². The molecule has 0 saturated carbocycles. The van der Waals surface area contributed by atoms with Gasteiger partial charge in [0.2, 0.25) is 0 Å². The fourth-order valence-electron chi connectivity index (χ4n) is 1.88. The smallest absolute Gasteiger partial charge is 0.0469 e. The van der Waals surface area contributed by atoms with Crippen LogP contribution >= 0.6 is 10.0 Å². The Morgan fingerprint density at radius 2 is 1.84 bits per heavy atom. The second-order valence-electron chi connectivity index (χ2n) is 6.38. The van der Waals surface area contributed by atoms with Crippen molar-refractivity contribution in [3.05, 3.63) is 29.8 Å². The average Bonchev–Trinajstić information content (AvgIpc) is 2.32. The lowest BCUT2D eigenvalue weighted by atomic mass is 10.1. The molecule has 0 radical (unpaired) electrons. The highest BCUT2D eigenvalue weighted by atomic mass is 32.3. The number of hydrogen-bond acceptors (Lipinski definition) is 1. The highest BCUT2D eigenvalue weighted by Gasteiger charge is 2.07. The zero-order chi connectivity index (χ0) is 14.3. The van der Waals surface area contributed by atoms with Gasteiger partial charge in [0.05, 0.1) is 0 Å². The summed E-state index contributed by atoms with van der Waals surface area (Å²) in [6.45, 7) is 6.27. The molecule has 1 aromatic rings. The predicted molar refractivity (Wildman–Crippen MR) is 88.7 cm³/mol. The van der Waals surface area contributed by atoms with E-state index in [1.54, 1.807) is 0 Å². The van der Waals surface area contributed by atoms with E-state index in [0.29, 0.717) is 0 Å². The van der Waals surface area contributed by atoms with Crippen LogP contribution in [0.5, 0.6) is 0 Å². The van der Waals surface area contributed by atoms with Crippen LogP contribution in [0, 0.1) is 5.92 Å². The summed E-state index contributed by atoms with van der Waals surface area (Å²) >= 11 is 0. The van der Waals surface area contributed by atoms with Gasteiger partial charge in [0.25, 0.3) is 0 Å². The first-order chi connectivity index (χ1) is 8.89. The topological polar surface area (TPSA) is 9.23 Å². The van der Waals surface area contributed by atoms with Crippen LogP contribution in [0.15, 0.2) is 29.2 Å². The molecule has 0 aliphatic carbocycles. The van der Waals surface area contributed by atoms with Gasteiger partial charge in [-0.1, -0.05) is 32.0 Å². The van der Waals surface area contributed by atoms with Gasteiger partial charge < -0.3 is 4.74 Å². The van der Waals surface area contributed by atoms with Crippen molar-refractivity contribution in [3.8, 4) is 0 Å². The van der Waals surface area contributed by atoms with Crippen LogP contribution in [0.25, 0.3) is 0 Å².